The van der Waals surface area contributed by atoms with Gasteiger partial charge in [-0.1, -0.05) is 17.7 Å². The molecule has 2 aromatic rings. The third kappa shape index (κ3) is 4.41. The first-order valence-corrected chi connectivity index (χ1v) is 10.1. The van der Waals surface area contributed by atoms with Crippen LogP contribution in [0.4, 0.5) is 5.69 Å². The van der Waals surface area contributed by atoms with Gasteiger partial charge in [-0.05, 0) is 56.2 Å². The van der Waals surface area contributed by atoms with Crippen LogP contribution in [0.3, 0.4) is 0 Å². The molecule has 2 amide bonds. The van der Waals surface area contributed by atoms with E-state index in [9.17, 15) is 14.4 Å². The van der Waals surface area contributed by atoms with Crippen molar-refractivity contribution in [3.63, 3.8) is 0 Å². The van der Waals surface area contributed by atoms with Gasteiger partial charge in [-0.2, -0.15) is 0 Å². The van der Waals surface area contributed by atoms with Crippen molar-refractivity contribution in [1.82, 2.24) is 5.32 Å². The lowest BCUT2D eigenvalue weighted by Crippen LogP contribution is -2.51. The second kappa shape index (κ2) is 8.36. The zero-order valence-corrected chi connectivity index (χ0v) is 17.1. The number of nitrogens with zero attached hydrogens (tertiary/aromatic N) is 1. The Kier molecular flexibility index (Phi) is 5.63. The molecule has 0 spiro atoms. The predicted octanol–water partition coefficient (Wildman–Crippen LogP) is 2.99. The molecule has 8 heteroatoms. The van der Waals surface area contributed by atoms with Gasteiger partial charge in [0.1, 0.15) is 17.5 Å². The van der Waals surface area contributed by atoms with Crippen LogP contribution in [0.1, 0.15) is 30.1 Å². The molecule has 1 N–H and O–H groups in total. The normalized spacial score (nSPS) is 16.3. The van der Waals surface area contributed by atoms with Gasteiger partial charge in [0.2, 0.25) is 5.91 Å². The number of benzene rings is 2. The minimum absolute atomic E-state index is 0.154. The quantitative estimate of drug-likeness (QED) is 0.685. The SMILES string of the molecule is C[C@H](C(=O)NC1CC1)N1C(=O)COc2ccc(C(=O)COc3cccc(Cl)c3)cc21. The summed E-state index contributed by atoms with van der Waals surface area (Å²) in [6.07, 6.45) is 1.91. The molecule has 0 saturated heterocycles. The number of ketones is 1. The van der Waals surface area contributed by atoms with Gasteiger partial charge >= 0.3 is 0 Å². The third-order valence-corrected chi connectivity index (χ3v) is 5.25. The molecule has 7 nitrogen and oxygen atoms in total. The van der Waals surface area contributed by atoms with Crippen molar-refractivity contribution in [3.05, 3.63) is 53.1 Å². The Morgan fingerprint density at radius 1 is 1.27 bits per heavy atom. The summed E-state index contributed by atoms with van der Waals surface area (Å²) in [5.74, 6) is 0.110. The highest BCUT2D eigenvalue weighted by Gasteiger charge is 2.35. The molecule has 0 unspecified atom stereocenters. The lowest BCUT2D eigenvalue weighted by molar-refractivity contribution is -0.127. The standard InChI is InChI=1S/C22H21ClN2O5/c1-13(22(28)24-16-6-7-16)25-18-9-14(5-8-20(18)30-12-21(25)27)19(26)11-29-17-4-2-3-15(23)10-17/h2-5,8-10,13,16H,6-7,11-12H2,1H3,(H,24,28)/t13-/m1/s1. The minimum Gasteiger partial charge on any atom is -0.485 e. The predicted molar refractivity (Wildman–Crippen MR) is 111 cm³/mol. The highest BCUT2D eigenvalue weighted by Crippen LogP contribution is 2.35. The van der Waals surface area contributed by atoms with Gasteiger partial charge in [0.05, 0.1) is 5.69 Å². The van der Waals surface area contributed by atoms with E-state index in [0.29, 0.717) is 27.8 Å². The summed E-state index contributed by atoms with van der Waals surface area (Å²) in [4.78, 5) is 39.1. The van der Waals surface area contributed by atoms with Gasteiger partial charge in [0.25, 0.3) is 5.91 Å². The third-order valence-electron chi connectivity index (χ3n) is 5.02. The Bertz CT molecular complexity index is 1000. The summed E-state index contributed by atoms with van der Waals surface area (Å²) in [7, 11) is 0. The molecule has 1 aliphatic carbocycles. The zero-order valence-electron chi connectivity index (χ0n) is 16.4. The first-order chi connectivity index (χ1) is 14.4. The average Bonchev–Trinajstić information content (AvgIpc) is 3.55. The molecular weight excluding hydrogens is 408 g/mol. The summed E-state index contributed by atoms with van der Waals surface area (Å²) < 4.78 is 11.0. The molecular formula is C22H21ClN2O5. The number of rotatable bonds is 7. The lowest BCUT2D eigenvalue weighted by atomic mass is 10.1. The highest BCUT2D eigenvalue weighted by molar-refractivity contribution is 6.30. The molecule has 156 valence electrons. The fraction of sp³-hybridized carbons (Fsp3) is 0.318. The van der Waals surface area contributed by atoms with Crippen LogP contribution in [0, 0.1) is 0 Å². The highest BCUT2D eigenvalue weighted by atomic mass is 35.5. The number of hydrogen-bond donors (Lipinski definition) is 1. The van der Waals surface area contributed by atoms with Gasteiger partial charge in [-0.25, -0.2) is 0 Å². The van der Waals surface area contributed by atoms with Gasteiger partial charge in [0, 0.05) is 16.6 Å². The monoisotopic (exact) mass is 428 g/mol. The van der Waals surface area contributed by atoms with E-state index in [1.54, 1.807) is 49.4 Å². The molecule has 1 heterocycles. The van der Waals surface area contributed by atoms with Crippen molar-refractivity contribution in [2.75, 3.05) is 18.1 Å². The Morgan fingerprint density at radius 2 is 2.07 bits per heavy atom. The number of anilines is 1. The van der Waals surface area contributed by atoms with E-state index >= 15 is 0 Å². The summed E-state index contributed by atoms with van der Waals surface area (Å²) >= 11 is 5.93. The van der Waals surface area contributed by atoms with Crippen LogP contribution in [0.15, 0.2) is 42.5 Å². The second-order valence-corrected chi connectivity index (χ2v) is 7.80. The van der Waals surface area contributed by atoms with Crippen molar-refractivity contribution < 1.29 is 23.9 Å². The van der Waals surface area contributed by atoms with Crippen LogP contribution >= 0.6 is 11.6 Å². The van der Waals surface area contributed by atoms with Gasteiger partial charge in [-0.3, -0.25) is 19.3 Å². The van der Waals surface area contributed by atoms with E-state index in [2.05, 4.69) is 5.32 Å². The molecule has 4 rings (SSSR count). The lowest BCUT2D eigenvalue weighted by Gasteiger charge is -2.33. The number of halogens is 1. The molecule has 2 aliphatic rings. The van der Waals surface area contributed by atoms with Crippen LogP contribution in [-0.4, -0.2) is 42.9 Å². The number of fused-ring (bicyclic) bond motifs is 1. The maximum Gasteiger partial charge on any atom is 0.265 e. The van der Waals surface area contributed by atoms with Crippen molar-refractivity contribution in [1.29, 1.82) is 0 Å². The van der Waals surface area contributed by atoms with E-state index in [4.69, 9.17) is 21.1 Å². The number of carbonyl (C=O) groups is 3. The summed E-state index contributed by atoms with van der Waals surface area (Å²) in [5.41, 5.74) is 0.757. The zero-order chi connectivity index (χ0) is 21.3. The van der Waals surface area contributed by atoms with Gasteiger partial charge < -0.3 is 14.8 Å². The van der Waals surface area contributed by atoms with Crippen molar-refractivity contribution in [3.8, 4) is 11.5 Å². The minimum atomic E-state index is -0.714. The van der Waals surface area contributed by atoms with Crippen LogP contribution in [-0.2, 0) is 9.59 Å². The molecule has 0 aromatic heterocycles. The van der Waals surface area contributed by atoms with Crippen molar-refractivity contribution in [2.24, 2.45) is 0 Å². The fourth-order valence-electron chi connectivity index (χ4n) is 3.22. The smallest absolute Gasteiger partial charge is 0.265 e. The molecule has 1 atom stereocenters. The Balaban J connectivity index is 1.52. The first-order valence-electron chi connectivity index (χ1n) is 9.73. The Morgan fingerprint density at radius 3 is 2.80 bits per heavy atom. The number of amides is 2. The topological polar surface area (TPSA) is 84.9 Å². The van der Waals surface area contributed by atoms with Crippen molar-refractivity contribution >= 4 is 34.9 Å². The van der Waals surface area contributed by atoms with Gasteiger partial charge in [-0.15, -0.1) is 0 Å². The summed E-state index contributed by atoms with van der Waals surface area (Å²) in [6.45, 7) is 1.33. The largest absolute Gasteiger partial charge is 0.485 e. The maximum absolute atomic E-state index is 12.7. The van der Waals surface area contributed by atoms with Crippen LogP contribution in [0.5, 0.6) is 11.5 Å². The molecule has 1 saturated carbocycles. The molecule has 0 bridgehead atoms. The van der Waals surface area contributed by atoms with E-state index in [-0.39, 0.29) is 36.9 Å². The van der Waals surface area contributed by atoms with Crippen LogP contribution < -0.4 is 19.7 Å². The van der Waals surface area contributed by atoms with Gasteiger partial charge in [0.15, 0.2) is 19.0 Å². The van der Waals surface area contributed by atoms with Crippen LogP contribution in [0.25, 0.3) is 0 Å². The summed E-state index contributed by atoms with van der Waals surface area (Å²) in [5, 5.41) is 3.42. The average molecular weight is 429 g/mol. The summed E-state index contributed by atoms with van der Waals surface area (Å²) in [6, 6.07) is 11.1. The molecule has 1 aliphatic heterocycles. The fourth-order valence-corrected chi connectivity index (χ4v) is 3.41. The van der Waals surface area contributed by atoms with E-state index in [1.165, 1.54) is 4.90 Å². The Labute approximate surface area is 178 Å². The number of Topliss-reactive ketones (excluding diaryl/α,β-unsaturated/α-hetero) is 1. The van der Waals surface area contributed by atoms with E-state index in [1.807, 2.05) is 0 Å². The first kappa shape index (κ1) is 20.2. The van der Waals surface area contributed by atoms with Crippen molar-refractivity contribution in [2.45, 2.75) is 31.8 Å². The number of carbonyl (C=O) groups excluding carboxylic acids is 3. The maximum atomic E-state index is 12.7. The number of hydrogen-bond acceptors (Lipinski definition) is 5. The van der Waals surface area contributed by atoms with E-state index < -0.39 is 6.04 Å². The Hall–Kier alpha value is -3.06. The number of ether oxygens (including phenoxy) is 2. The molecule has 1 fully saturated rings. The molecule has 30 heavy (non-hydrogen) atoms. The molecule has 2 aromatic carbocycles. The van der Waals surface area contributed by atoms with Crippen LogP contribution in [0.2, 0.25) is 5.02 Å². The molecule has 0 radical (unpaired) electrons. The van der Waals surface area contributed by atoms with E-state index in [0.717, 1.165) is 12.8 Å². The number of nitrogens with one attached hydrogen (secondary N) is 1. The second-order valence-electron chi connectivity index (χ2n) is 7.36.